The smallest absolute Gasteiger partial charge is 0.295 e. The lowest BCUT2D eigenvalue weighted by Gasteiger charge is -2.27. The normalized spacial score (nSPS) is 22.8. The number of carbonyl (C=O) groups excluding carboxylic acids is 2. The number of aliphatic hydroxyl groups is 1. The third-order valence-electron chi connectivity index (χ3n) is 5.60. The summed E-state index contributed by atoms with van der Waals surface area (Å²) in [6.45, 7) is 0.826. The number of ketones is 1. The van der Waals surface area contributed by atoms with Crippen LogP contribution in [-0.4, -0.2) is 53.2 Å². The van der Waals surface area contributed by atoms with Crippen molar-refractivity contribution in [1.29, 1.82) is 0 Å². The molecule has 2 atom stereocenters. The highest BCUT2D eigenvalue weighted by atomic mass is 35.5. The van der Waals surface area contributed by atoms with Crippen LogP contribution in [0.5, 0.6) is 11.5 Å². The maximum atomic E-state index is 13.0. The Morgan fingerprint density at radius 1 is 1.23 bits per heavy atom. The molecule has 2 N–H and O–H groups in total. The van der Waals surface area contributed by atoms with Crippen molar-refractivity contribution in [3.63, 3.8) is 0 Å². The Bertz CT molecular complexity index is 1040. The molecule has 0 aromatic heterocycles. The first-order valence-corrected chi connectivity index (χ1v) is 10.3. The summed E-state index contributed by atoms with van der Waals surface area (Å²) in [5, 5.41) is 21.5. The van der Waals surface area contributed by atoms with E-state index in [2.05, 4.69) is 0 Å². The molecule has 8 heteroatoms. The number of ether oxygens (including phenoxy) is 2. The summed E-state index contributed by atoms with van der Waals surface area (Å²) < 4.78 is 10.9. The van der Waals surface area contributed by atoms with E-state index in [4.69, 9.17) is 21.1 Å². The number of phenolic OH excluding ortho intramolecular Hbond substituents is 1. The molecule has 31 heavy (non-hydrogen) atoms. The number of rotatable bonds is 5. The van der Waals surface area contributed by atoms with Gasteiger partial charge in [0.25, 0.3) is 11.7 Å². The lowest BCUT2D eigenvalue weighted by atomic mass is 9.95. The van der Waals surface area contributed by atoms with Gasteiger partial charge in [0.1, 0.15) is 5.76 Å². The van der Waals surface area contributed by atoms with Crippen LogP contribution in [0.2, 0.25) is 5.02 Å². The second-order valence-corrected chi connectivity index (χ2v) is 7.96. The van der Waals surface area contributed by atoms with Crippen molar-refractivity contribution in [3.05, 3.63) is 64.2 Å². The largest absolute Gasteiger partial charge is 0.507 e. The number of Topliss-reactive ketones (excluding diaryl/α,β-unsaturated/α-hetero) is 1. The highest BCUT2D eigenvalue weighted by Crippen LogP contribution is 2.42. The molecule has 2 fully saturated rings. The van der Waals surface area contributed by atoms with Gasteiger partial charge in [0.05, 0.1) is 24.8 Å². The first-order chi connectivity index (χ1) is 14.9. The fourth-order valence-corrected chi connectivity index (χ4v) is 4.18. The maximum absolute atomic E-state index is 13.0. The molecule has 0 spiro atoms. The van der Waals surface area contributed by atoms with E-state index < -0.39 is 17.7 Å². The molecule has 2 aliphatic heterocycles. The molecule has 1 amide bonds. The lowest BCUT2D eigenvalue weighted by molar-refractivity contribution is -0.140. The fourth-order valence-electron chi connectivity index (χ4n) is 4.05. The van der Waals surface area contributed by atoms with Gasteiger partial charge in [-0.3, -0.25) is 9.59 Å². The number of benzene rings is 2. The Hall–Kier alpha value is -3.03. The molecule has 0 saturated carbocycles. The Morgan fingerprint density at radius 3 is 2.61 bits per heavy atom. The number of halogens is 1. The van der Waals surface area contributed by atoms with Gasteiger partial charge in [-0.05, 0) is 54.8 Å². The van der Waals surface area contributed by atoms with Gasteiger partial charge in [-0.1, -0.05) is 17.7 Å². The molecular formula is C23H22ClNO6. The Kier molecular flexibility index (Phi) is 5.89. The number of aromatic hydroxyl groups is 1. The van der Waals surface area contributed by atoms with Crippen molar-refractivity contribution in [1.82, 2.24) is 4.90 Å². The van der Waals surface area contributed by atoms with E-state index in [1.165, 1.54) is 18.1 Å². The molecule has 162 valence electrons. The van der Waals surface area contributed by atoms with Crippen LogP contribution in [0.25, 0.3) is 5.76 Å². The first kappa shape index (κ1) is 21.2. The zero-order valence-corrected chi connectivity index (χ0v) is 17.6. The summed E-state index contributed by atoms with van der Waals surface area (Å²) in [5.74, 6) is -1.64. The number of phenols is 1. The minimum absolute atomic E-state index is 0.0296. The van der Waals surface area contributed by atoms with E-state index in [-0.39, 0.29) is 35.5 Å². The third kappa shape index (κ3) is 3.98. The molecule has 2 aliphatic rings. The van der Waals surface area contributed by atoms with Gasteiger partial charge in [-0.15, -0.1) is 0 Å². The van der Waals surface area contributed by atoms with Crippen LogP contribution in [-0.2, 0) is 14.3 Å². The number of aliphatic hydroxyl groups excluding tert-OH is 1. The molecule has 0 bridgehead atoms. The quantitative estimate of drug-likeness (QED) is 0.416. The molecule has 7 nitrogen and oxygen atoms in total. The van der Waals surface area contributed by atoms with Gasteiger partial charge in [-0.2, -0.15) is 0 Å². The van der Waals surface area contributed by atoms with E-state index in [0.717, 1.165) is 12.8 Å². The lowest BCUT2D eigenvalue weighted by Crippen LogP contribution is -2.36. The van der Waals surface area contributed by atoms with Crippen molar-refractivity contribution >= 4 is 29.1 Å². The molecule has 2 saturated heterocycles. The summed E-state index contributed by atoms with van der Waals surface area (Å²) >= 11 is 5.94. The molecule has 0 unspecified atom stereocenters. The predicted molar refractivity (Wildman–Crippen MR) is 114 cm³/mol. The number of carbonyl (C=O) groups is 2. The molecule has 2 heterocycles. The average Bonchev–Trinajstić information content (AvgIpc) is 3.37. The molecule has 0 radical (unpaired) electrons. The van der Waals surface area contributed by atoms with Gasteiger partial charge in [-0.25, -0.2) is 0 Å². The highest BCUT2D eigenvalue weighted by molar-refractivity contribution is 6.46. The average molecular weight is 444 g/mol. The summed E-state index contributed by atoms with van der Waals surface area (Å²) in [4.78, 5) is 27.4. The maximum Gasteiger partial charge on any atom is 0.295 e. The number of methoxy groups -OCH3 is 1. The first-order valence-electron chi connectivity index (χ1n) is 9.93. The fraction of sp³-hybridized carbons (Fsp3) is 0.304. The minimum Gasteiger partial charge on any atom is -0.507 e. The van der Waals surface area contributed by atoms with E-state index >= 15 is 0 Å². The second-order valence-electron chi connectivity index (χ2n) is 7.52. The van der Waals surface area contributed by atoms with Crippen LogP contribution >= 0.6 is 11.6 Å². The molecule has 4 rings (SSSR count). The summed E-state index contributed by atoms with van der Waals surface area (Å²) in [7, 11) is 1.41. The monoisotopic (exact) mass is 443 g/mol. The molecule has 0 aliphatic carbocycles. The number of amides is 1. The summed E-state index contributed by atoms with van der Waals surface area (Å²) in [6.07, 6.45) is 1.48. The number of likely N-dealkylation sites (tertiary alicyclic amines) is 1. The summed E-state index contributed by atoms with van der Waals surface area (Å²) in [6, 6.07) is 10.1. The van der Waals surface area contributed by atoms with Gasteiger partial charge < -0.3 is 24.6 Å². The predicted octanol–water partition coefficient (Wildman–Crippen LogP) is 3.65. The topological polar surface area (TPSA) is 96.3 Å². The van der Waals surface area contributed by atoms with Crippen LogP contribution in [0.4, 0.5) is 0 Å². The molecular weight excluding hydrogens is 422 g/mol. The van der Waals surface area contributed by atoms with E-state index in [1.807, 2.05) is 0 Å². The van der Waals surface area contributed by atoms with Crippen molar-refractivity contribution < 1.29 is 29.3 Å². The van der Waals surface area contributed by atoms with Crippen LogP contribution in [0, 0.1) is 0 Å². The van der Waals surface area contributed by atoms with E-state index in [0.29, 0.717) is 22.8 Å². The third-order valence-corrected chi connectivity index (χ3v) is 5.85. The number of nitrogens with zero attached hydrogens (tertiary/aromatic N) is 1. The van der Waals surface area contributed by atoms with E-state index in [1.54, 1.807) is 36.4 Å². The van der Waals surface area contributed by atoms with Crippen LogP contribution < -0.4 is 4.74 Å². The zero-order valence-electron chi connectivity index (χ0n) is 16.9. The molecule has 2 aromatic carbocycles. The van der Waals surface area contributed by atoms with Crippen LogP contribution in [0.15, 0.2) is 48.0 Å². The zero-order chi connectivity index (χ0) is 22.1. The van der Waals surface area contributed by atoms with E-state index in [9.17, 15) is 19.8 Å². The Balaban J connectivity index is 1.85. The van der Waals surface area contributed by atoms with Gasteiger partial charge >= 0.3 is 0 Å². The van der Waals surface area contributed by atoms with Crippen molar-refractivity contribution in [2.24, 2.45) is 0 Å². The minimum atomic E-state index is -0.852. The number of hydrogen-bond donors (Lipinski definition) is 2. The van der Waals surface area contributed by atoms with Crippen molar-refractivity contribution in [2.45, 2.75) is 25.0 Å². The highest BCUT2D eigenvalue weighted by Gasteiger charge is 2.47. The Morgan fingerprint density at radius 2 is 1.97 bits per heavy atom. The van der Waals surface area contributed by atoms with Gasteiger partial charge in [0.15, 0.2) is 11.5 Å². The SMILES string of the molecule is COc1cc([C@@H]2C(=C(O)c3ccc(Cl)cc3)C(=O)C(=O)N2C[C@H]2CCCO2)ccc1O. The van der Waals surface area contributed by atoms with Gasteiger partial charge in [0, 0.05) is 23.7 Å². The summed E-state index contributed by atoms with van der Waals surface area (Å²) in [5.41, 5.74) is 0.871. The molecule has 2 aromatic rings. The second kappa shape index (κ2) is 8.61. The van der Waals surface area contributed by atoms with Crippen molar-refractivity contribution in [2.75, 3.05) is 20.3 Å². The Labute approximate surface area is 184 Å². The standard InChI is InChI=1S/C23H22ClNO6/c1-30-18-11-14(6-9-17(18)26)20-19(21(27)13-4-7-15(24)8-5-13)22(28)23(29)25(20)12-16-3-2-10-31-16/h4-9,11,16,20,26-27H,2-3,10,12H2,1H3/t16-,20-/m1/s1. The van der Waals surface area contributed by atoms with Crippen molar-refractivity contribution in [3.8, 4) is 11.5 Å². The van der Waals surface area contributed by atoms with Gasteiger partial charge in [0.2, 0.25) is 0 Å². The van der Waals surface area contributed by atoms with Crippen LogP contribution in [0.1, 0.15) is 30.0 Å². The number of hydrogen-bond acceptors (Lipinski definition) is 6. The van der Waals surface area contributed by atoms with Crippen LogP contribution in [0.3, 0.4) is 0 Å².